The van der Waals surface area contributed by atoms with Gasteiger partial charge in [-0.1, -0.05) is 26.7 Å². The first kappa shape index (κ1) is 23.8. The Morgan fingerprint density at radius 2 is 1.36 bits per heavy atom. The summed E-state index contributed by atoms with van der Waals surface area (Å²) < 4.78 is 16.0. The lowest BCUT2D eigenvalue weighted by molar-refractivity contribution is -0.306. The number of hydrogen-bond acceptors (Lipinski definition) is 7. The van der Waals surface area contributed by atoms with E-state index in [1.54, 1.807) is 6.92 Å². The maximum absolute atomic E-state index is 11.6. The van der Waals surface area contributed by atoms with Crippen LogP contribution in [0.25, 0.3) is 0 Å². The molecular formula is C18H34O7. The average molecular weight is 362 g/mol. The molecular weight excluding hydrogens is 328 g/mol. The number of ether oxygens (including phenoxy) is 3. The maximum Gasteiger partial charge on any atom is 0.342 e. The van der Waals surface area contributed by atoms with Crippen molar-refractivity contribution in [1.29, 1.82) is 0 Å². The number of carbonyl (C=O) groups excluding carboxylic acids is 2. The maximum atomic E-state index is 11.6. The van der Waals surface area contributed by atoms with E-state index in [1.165, 1.54) is 0 Å². The van der Waals surface area contributed by atoms with Crippen LogP contribution in [0.3, 0.4) is 0 Å². The van der Waals surface area contributed by atoms with Gasteiger partial charge in [0, 0.05) is 26.1 Å². The molecule has 0 fully saturated rings. The van der Waals surface area contributed by atoms with Crippen molar-refractivity contribution < 1.29 is 33.6 Å². The van der Waals surface area contributed by atoms with Crippen molar-refractivity contribution in [2.24, 2.45) is 0 Å². The van der Waals surface area contributed by atoms with Gasteiger partial charge >= 0.3 is 11.9 Å². The molecule has 0 aromatic carbocycles. The van der Waals surface area contributed by atoms with Crippen LogP contribution in [0.5, 0.6) is 0 Å². The first-order chi connectivity index (χ1) is 12.1. The van der Waals surface area contributed by atoms with Crippen LogP contribution < -0.4 is 0 Å². The van der Waals surface area contributed by atoms with E-state index < -0.39 is 12.3 Å². The molecule has 7 heteroatoms. The van der Waals surface area contributed by atoms with Gasteiger partial charge in [-0.2, -0.15) is 4.89 Å². The number of unbranched alkanes of at least 4 members (excludes halogenated alkanes) is 3. The Morgan fingerprint density at radius 1 is 0.800 bits per heavy atom. The van der Waals surface area contributed by atoms with Crippen LogP contribution in [0, 0.1) is 0 Å². The van der Waals surface area contributed by atoms with E-state index in [2.05, 4.69) is 13.8 Å². The summed E-state index contributed by atoms with van der Waals surface area (Å²) in [5, 5.41) is 0. The van der Waals surface area contributed by atoms with Crippen LogP contribution in [0.15, 0.2) is 0 Å². The number of hydrogen-bond donors (Lipinski definition) is 0. The van der Waals surface area contributed by atoms with Crippen molar-refractivity contribution in [3.05, 3.63) is 0 Å². The Kier molecular flexibility index (Phi) is 16.8. The van der Waals surface area contributed by atoms with Crippen LogP contribution >= 0.6 is 0 Å². The zero-order valence-electron chi connectivity index (χ0n) is 15.9. The molecule has 0 atom stereocenters. The van der Waals surface area contributed by atoms with Gasteiger partial charge in [0.25, 0.3) is 0 Å². The molecule has 0 aliphatic heterocycles. The van der Waals surface area contributed by atoms with Gasteiger partial charge < -0.3 is 14.2 Å². The molecule has 0 rings (SSSR count). The highest BCUT2D eigenvalue weighted by atomic mass is 17.2. The van der Waals surface area contributed by atoms with Crippen molar-refractivity contribution in [2.45, 2.75) is 78.4 Å². The molecule has 0 saturated heterocycles. The Labute approximate surface area is 151 Å². The molecule has 0 aromatic rings. The second-order valence-electron chi connectivity index (χ2n) is 5.63. The van der Waals surface area contributed by atoms with E-state index in [-0.39, 0.29) is 19.0 Å². The topological polar surface area (TPSA) is 80.3 Å². The molecule has 0 bridgehead atoms. The van der Waals surface area contributed by atoms with Gasteiger partial charge in [-0.15, -0.1) is 0 Å². The molecule has 0 heterocycles. The largest absolute Gasteiger partial charge is 0.466 e. The molecule has 0 saturated carbocycles. The normalized spacial score (nSPS) is 10.9. The third-order valence-electron chi connectivity index (χ3n) is 3.28. The summed E-state index contributed by atoms with van der Waals surface area (Å²) in [5.41, 5.74) is 0. The van der Waals surface area contributed by atoms with E-state index in [0.29, 0.717) is 39.1 Å². The summed E-state index contributed by atoms with van der Waals surface area (Å²) in [5.74, 6) is -0.715. The predicted molar refractivity (Wildman–Crippen MR) is 92.7 cm³/mol. The van der Waals surface area contributed by atoms with Crippen LogP contribution in [-0.4, -0.2) is 44.7 Å². The molecule has 0 aromatic heterocycles. The van der Waals surface area contributed by atoms with E-state index in [1.807, 2.05) is 0 Å². The summed E-state index contributed by atoms with van der Waals surface area (Å²) in [6.07, 6.45) is 5.03. The van der Waals surface area contributed by atoms with Crippen molar-refractivity contribution in [3.63, 3.8) is 0 Å². The third kappa shape index (κ3) is 16.1. The zero-order chi connectivity index (χ0) is 18.8. The molecule has 7 nitrogen and oxygen atoms in total. The fourth-order valence-electron chi connectivity index (χ4n) is 1.83. The van der Waals surface area contributed by atoms with Crippen LogP contribution in [0.4, 0.5) is 0 Å². The lowest BCUT2D eigenvalue weighted by Gasteiger charge is -2.17. The quantitative estimate of drug-likeness (QED) is 0.129. The van der Waals surface area contributed by atoms with Gasteiger partial charge in [0.1, 0.15) is 6.61 Å². The Bertz CT molecular complexity index is 323. The van der Waals surface area contributed by atoms with Gasteiger partial charge in [-0.05, 0) is 32.6 Å². The van der Waals surface area contributed by atoms with Gasteiger partial charge in [0.15, 0.2) is 6.29 Å². The average Bonchev–Trinajstić information content (AvgIpc) is 2.59. The number of esters is 1. The predicted octanol–water partition coefficient (Wildman–Crippen LogP) is 3.54. The summed E-state index contributed by atoms with van der Waals surface area (Å²) in [6, 6.07) is 0. The SMILES string of the molecule is CCCCOC(COOC(=O)CCCCC(=O)OCC)OCCCC. The van der Waals surface area contributed by atoms with E-state index in [9.17, 15) is 9.59 Å². The van der Waals surface area contributed by atoms with Gasteiger partial charge in [-0.3, -0.25) is 9.68 Å². The van der Waals surface area contributed by atoms with Gasteiger partial charge in [0.05, 0.1) is 6.61 Å². The minimum atomic E-state index is -0.533. The zero-order valence-corrected chi connectivity index (χ0v) is 15.9. The molecule has 0 amide bonds. The van der Waals surface area contributed by atoms with Crippen LogP contribution in [-0.2, 0) is 33.6 Å². The molecule has 0 unspecified atom stereocenters. The summed E-state index contributed by atoms with van der Waals surface area (Å²) in [4.78, 5) is 32.4. The smallest absolute Gasteiger partial charge is 0.342 e. The lowest BCUT2D eigenvalue weighted by atomic mass is 10.2. The molecule has 0 aliphatic carbocycles. The standard InChI is InChI=1S/C18H34O7/c1-4-7-13-22-18(23-14-8-5-2)15-24-25-17(20)12-10-9-11-16(19)21-6-3/h18H,4-15H2,1-3H3. The summed E-state index contributed by atoms with van der Waals surface area (Å²) in [7, 11) is 0. The molecule has 0 spiro atoms. The van der Waals surface area contributed by atoms with Crippen molar-refractivity contribution in [2.75, 3.05) is 26.4 Å². The first-order valence-electron chi connectivity index (χ1n) is 9.35. The number of carbonyl (C=O) groups is 2. The minimum absolute atomic E-state index is 0.0436. The van der Waals surface area contributed by atoms with E-state index >= 15 is 0 Å². The van der Waals surface area contributed by atoms with Crippen molar-refractivity contribution in [3.8, 4) is 0 Å². The Morgan fingerprint density at radius 3 is 1.88 bits per heavy atom. The summed E-state index contributed by atoms with van der Waals surface area (Å²) in [6.45, 7) is 7.50. The molecule has 0 radical (unpaired) electrons. The first-order valence-corrected chi connectivity index (χ1v) is 9.35. The highest BCUT2D eigenvalue weighted by Gasteiger charge is 2.12. The van der Waals surface area contributed by atoms with Crippen molar-refractivity contribution >= 4 is 11.9 Å². The minimum Gasteiger partial charge on any atom is -0.466 e. The number of rotatable bonds is 17. The molecule has 25 heavy (non-hydrogen) atoms. The second kappa shape index (κ2) is 17.6. The fraction of sp³-hybridized carbons (Fsp3) is 0.889. The van der Waals surface area contributed by atoms with E-state index in [4.69, 9.17) is 24.0 Å². The fourth-order valence-corrected chi connectivity index (χ4v) is 1.83. The molecule has 0 N–H and O–H groups in total. The third-order valence-corrected chi connectivity index (χ3v) is 3.28. The van der Waals surface area contributed by atoms with E-state index in [0.717, 1.165) is 25.7 Å². The lowest BCUT2D eigenvalue weighted by Crippen LogP contribution is -2.25. The monoisotopic (exact) mass is 362 g/mol. The Hall–Kier alpha value is -1.18. The van der Waals surface area contributed by atoms with Gasteiger partial charge in [-0.25, -0.2) is 4.79 Å². The highest BCUT2D eigenvalue weighted by Crippen LogP contribution is 2.05. The van der Waals surface area contributed by atoms with Crippen molar-refractivity contribution in [1.82, 2.24) is 0 Å². The van der Waals surface area contributed by atoms with Crippen LogP contribution in [0.2, 0.25) is 0 Å². The molecule has 0 aliphatic rings. The summed E-state index contributed by atoms with van der Waals surface area (Å²) >= 11 is 0. The van der Waals surface area contributed by atoms with Gasteiger partial charge in [0.2, 0.25) is 0 Å². The second-order valence-corrected chi connectivity index (χ2v) is 5.63. The van der Waals surface area contributed by atoms with Crippen LogP contribution in [0.1, 0.15) is 72.1 Å². The Balaban J connectivity index is 3.80. The molecule has 148 valence electrons. The highest BCUT2D eigenvalue weighted by molar-refractivity contribution is 5.70.